The van der Waals surface area contributed by atoms with Gasteiger partial charge in [-0.3, -0.25) is 4.79 Å². The highest BCUT2D eigenvalue weighted by molar-refractivity contribution is 6.30. The lowest BCUT2D eigenvalue weighted by molar-refractivity contribution is 0.102. The Morgan fingerprint density at radius 3 is 2.26 bits per heavy atom. The van der Waals surface area contributed by atoms with Gasteiger partial charge in [0.2, 0.25) is 0 Å². The summed E-state index contributed by atoms with van der Waals surface area (Å²) in [6.45, 7) is 0. The molecule has 1 N–H and O–H groups in total. The molecule has 1 heterocycles. The third-order valence-corrected chi connectivity index (χ3v) is 5.34. The number of amides is 1. The van der Waals surface area contributed by atoms with Gasteiger partial charge in [-0.15, -0.1) is 0 Å². The van der Waals surface area contributed by atoms with Crippen LogP contribution < -0.4 is 5.32 Å². The third kappa shape index (κ3) is 3.93. The van der Waals surface area contributed by atoms with Crippen LogP contribution in [0, 0.1) is 0 Å². The second kappa shape index (κ2) is 8.09. The number of para-hydroxylation sites is 1. The van der Waals surface area contributed by atoms with Crippen LogP contribution in [0.25, 0.3) is 27.7 Å². The van der Waals surface area contributed by atoms with Crippen molar-refractivity contribution in [1.82, 2.24) is 9.78 Å². The molecule has 0 radical (unpaired) electrons. The molecule has 4 aromatic carbocycles. The van der Waals surface area contributed by atoms with Crippen LogP contribution in [0.2, 0.25) is 5.02 Å². The molecule has 5 rings (SSSR count). The molecule has 1 aromatic heterocycles. The Hall–Kier alpha value is -3.89. The first-order valence-corrected chi connectivity index (χ1v) is 10.3. The Labute approximate surface area is 184 Å². The number of hydrogen-bond donors (Lipinski definition) is 1. The van der Waals surface area contributed by atoms with Crippen molar-refractivity contribution in [1.29, 1.82) is 0 Å². The van der Waals surface area contributed by atoms with E-state index in [0.29, 0.717) is 16.4 Å². The van der Waals surface area contributed by atoms with Gasteiger partial charge in [-0.05, 0) is 59.3 Å². The lowest BCUT2D eigenvalue weighted by Gasteiger charge is -2.08. The van der Waals surface area contributed by atoms with Crippen LogP contribution in [0.4, 0.5) is 5.69 Å². The molecule has 0 fully saturated rings. The number of halogens is 1. The van der Waals surface area contributed by atoms with Gasteiger partial charge in [-0.1, -0.05) is 66.2 Å². The maximum absolute atomic E-state index is 12.9. The highest BCUT2D eigenvalue weighted by Crippen LogP contribution is 2.28. The molecule has 0 atom stereocenters. The Morgan fingerprint density at radius 2 is 1.48 bits per heavy atom. The van der Waals surface area contributed by atoms with Crippen LogP contribution in [0.1, 0.15) is 10.5 Å². The number of rotatable bonds is 4. The standard InChI is InChI=1S/C26H18ClN3O/c27-21-12-14-22(15-13-21)28-26(31)24-17-25(30(29-24)23-8-2-1-3-9-23)20-11-10-18-6-4-5-7-19(18)16-20/h1-17H,(H,28,31). The molecule has 5 heteroatoms. The van der Waals surface area contributed by atoms with Gasteiger partial charge in [0.25, 0.3) is 5.91 Å². The van der Waals surface area contributed by atoms with Crippen LogP contribution in [0.5, 0.6) is 0 Å². The zero-order chi connectivity index (χ0) is 21.2. The quantitative estimate of drug-likeness (QED) is 0.354. The number of hydrogen-bond acceptors (Lipinski definition) is 2. The second-order valence-corrected chi connectivity index (χ2v) is 7.62. The first-order valence-electron chi connectivity index (χ1n) is 9.89. The second-order valence-electron chi connectivity index (χ2n) is 7.19. The van der Waals surface area contributed by atoms with E-state index in [4.69, 9.17) is 11.6 Å². The van der Waals surface area contributed by atoms with E-state index in [1.54, 1.807) is 28.9 Å². The smallest absolute Gasteiger partial charge is 0.276 e. The molecule has 0 aliphatic rings. The average Bonchev–Trinajstić information content (AvgIpc) is 3.27. The van der Waals surface area contributed by atoms with E-state index < -0.39 is 0 Å². The Bertz CT molecular complexity index is 1380. The minimum Gasteiger partial charge on any atom is -0.321 e. The molecule has 5 aromatic rings. The van der Waals surface area contributed by atoms with E-state index >= 15 is 0 Å². The van der Waals surface area contributed by atoms with Gasteiger partial charge in [0.05, 0.1) is 11.4 Å². The van der Waals surface area contributed by atoms with E-state index in [2.05, 4.69) is 40.7 Å². The van der Waals surface area contributed by atoms with Gasteiger partial charge in [0, 0.05) is 16.3 Å². The van der Waals surface area contributed by atoms with E-state index in [1.165, 1.54) is 0 Å². The van der Waals surface area contributed by atoms with Crippen molar-refractivity contribution in [2.45, 2.75) is 0 Å². The summed E-state index contributed by atoms with van der Waals surface area (Å²) in [5, 5.41) is 10.4. The normalized spacial score (nSPS) is 10.9. The average molecular weight is 424 g/mol. The van der Waals surface area contributed by atoms with Crippen LogP contribution in [0.3, 0.4) is 0 Å². The van der Waals surface area contributed by atoms with Crippen molar-refractivity contribution in [3.05, 3.63) is 114 Å². The molecule has 0 saturated carbocycles. The lowest BCUT2D eigenvalue weighted by atomic mass is 10.0. The van der Waals surface area contributed by atoms with Crippen LogP contribution in [0.15, 0.2) is 103 Å². The van der Waals surface area contributed by atoms with E-state index in [1.807, 2.05) is 48.5 Å². The zero-order valence-electron chi connectivity index (χ0n) is 16.5. The van der Waals surface area contributed by atoms with E-state index in [-0.39, 0.29) is 5.91 Å². The fourth-order valence-electron chi connectivity index (χ4n) is 3.54. The highest BCUT2D eigenvalue weighted by Gasteiger charge is 2.17. The van der Waals surface area contributed by atoms with Gasteiger partial charge in [-0.2, -0.15) is 5.10 Å². The fraction of sp³-hybridized carbons (Fsp3) is 0. The largest absolute Gasteiger partial charge is 0.321 e. The number of benzene rings is 4. The Kier molecular flexibility index (Phi) is 4.98. The molecule has 0 saturated heterocycles. The number of fused-ring (bicyclic) bond motifs is 1. The number of nitrogens with one attached hydrogen (secondary N) is 1. The van der Waals surface area contributed by atoms with E-state index in [0.717, 1.165) is 27.7 Å². The fourth-order valence-corrected chi connectivity index (χ4v) is 3.67. The number of aromatic nitrogens is 2. The molecule has 0 aliphatic heterocycles. The van der Waals surface area contributed by atoms with Crippen molar-refractivity contribution < 1.29 is 4.79 Å². The predicted molar refractivity (Wildman–Crippen MR) is 126 cm³/mol. The summed E-state index contributed by atoms with van der Waals surface area (Å²) in [5.74, 6) is -0.279. The number of carbonyl (C=O) groups is 1. The first kappa shape index (κ1) is 19.1. The molecule has 0 unspecified atom stereocenters. The summed E-state index contributed by atoms with van der Waals surface area (Å²) in [4.78, 5) is 12.9. The lowest BCUT2D eigenvalue weighted by Crippen LogP contribution is -2.13. The molecule has 4 nitrogen and oxygen atoms in total. The van der Waals surface area contributed by atoms with Gasteiger partial charge < -0.3 is 5.32 Å². The summed E-state index contributed by atoms with van der Waals surface area (Å²) in [7, 11) is 0. The molecule has 0 bridgehead atoms. The van der Waals surface area contributed by atoms with Crippen molar-refractivity contribution in [2.75, 3.05) is 5.32 Å². The van der Waals surface area contributed by atoms with Crippen LogP contribution in [-0.2, 0) is 0 Å². The van der Waals surface area contributed by atoms with Crippen LogP contribution in [-0.4, -0.2) is 15.7 Å². The number of carbonyl (C=O) groups excluding carboxylic acids is 1. The molecule has 31 heavy (non-hydrogen) atoms. The van der Waals surface area contributed by atoms with Crippen molar-refractivity contribution >= 4 is 34.0 Å². The van der Waals surface area contributed by atoms with Crippen LogP contribution >= 0.6 is 11.6 Å². The minimum atomic E-state index is -0.279. The number of anilines is 1. The van der Waals surface area contributed by atoms with Gasteiger partial charge >= 0.3 is 0 Å². The zero-order valence-corrected chi connectivity index (χ0v) is 17.3. The van der Waals surface area contributed by atoms with E-state index in [9.17, 15) is 4.79 Å². The Morgan fingerprint density at radius 1 is 0.774 bits per heavy atom. The number of nitrogens with zero attached hydrogens (tertiary/aromatic N) is 2. The van der Waals surface area contributed by atoms with Gasteiger partial charge in [0.15, 0.2) is 5.69 Å². The maximum atomic E-state index is 12.9. The SMILES string of the molecule is O=C(Nc1ccc(Cl)cc1)c1cc(-c2ccc3ccccc3c2)n(-c2ccccc2)n1. The highest BCUT2D eigenvalue weighted by atomic mass is 35.5. The molecule has 1 amide bonds. The summed E-state index contributed by atoms with van der Waals surface area (Å²) < 4.78 is 1.81. The maximum Gasteiger partial charge on any atom is 0.276 e. The third-order valence-electron chi connectivity index (χ3n) is 5.09. The summed E-state index contributed by atoms with van der Waals surface area (Å²) in [6, 6.07) is 33.1. The van der Waals surface area contributed by atoms with Crippen molar-refractivity contribution in [3.63, 3.8) is 0 Å². The summed E-state index contributed by atoms with van der Waals surface area (Å²) in [6.07, 6.45) is 0. The molecule has 0 aliphatic carbocycles. The van der Waals surface area contributed by atoms with Crippen molar-refractivity contribution in [2.24, 2.45) is 0 Å². The molecular formula is C26H18ClN3O. The molecule has 150 valence electrons. The van der Waals surface area contributed by atoms with Gasteiger partial charge in [0.1, 0.15) is 0 Å². The topological polar surface area (TPSA) is 46.9 Å². The minimum absolute atomic E-state index is 0.279. The summed E-state index contributed by atoms with van der Waals surface area (Å²) in [5.41, 5.74) is 3.72. The predicted octanol–water partition coefficient (Wildman–Crippen LogP) is 6.60. The monoisotopic (exact) mass is 423 g/mol. The molecular weight excluding hydrogens is 406 g/mol. The molecule has 0 spiro atoms. The van der Waals surface area contributed by atoms with Crippen molar-refractivity contribution in [3.8, 4) is 16.9 Å². The summed E-state index contributed by atoms with van der Waals surface area (Å²) >= 11 is 5.94. The van der Waals surface area contributed by atoms with Gasteiger partial charge in [-0.25, -0.2) is 4.68 Å². The Balaban J connectivity index is 1.58. The first-order chi connectivity index (χ1) is 15.2.